The Kier molecular flexibility index (Phi) is 10.5. The number of benzene rings is 1. The quantitative estimate of drug-likeness (QED) is 0.318. The SMILES string of the molecule is C=CCN(CC(=O)N(Cc1ccccc1)Cc1ccco1)C(=O)CCCCCCC. The Morgan fingerprint density at radius 3 is 2.37 bits per heavy atom. The largest absolute Gasteiger partial charge is 0.467 e. The Bertz CT molecular complexity index is 756. The first kappa shape index (κ1) is 23.5. The number of carbonyl (C=O) groups excluding carboxylic acids is 2. The smallest absolute Gasteiger partial charge is 0.242 e. The second kappa shape index (κ2) is 13.4. The van der Waals surface area contributed by atoms with Gasteiger partial charge >= 0.3 is 0 Å². The highest BCUT2D eigenvalue weighted by Gasteiger charge is 2.21. The molecule has 0 N–H and O–H groups in total. The first-order valence-corrected chi connectivity index (χ1v) is 10.9. The molecule has 0 unspecified atom stereocenters. The summed E-state index contributed by atoms with van der Waals surface area (Å²) in [5, 5.41) is 0. The van der Waals surface area contributed by atoms with E-state index in [1.807, 2.05) is 42.5 Å². The van der Waals surface area contributed by atoms with E-state index in [1.165, 1.54) is 12.8 Å². The summed E-state index contributed by atoms with van der Waals surface area (Å²) >= 11 is 0. The molecule has 5 heteroatoms. The van der Waals surface area contributed by atoms with E-state index < -0.39 is 0 Å². The first-order valence-electron chi connectivity index (χ1n) is 10.9. The van der Waals surface area contributed by atoms with Gasteiger partial charge in [-0.1, -0.05) is 69.0 Å². The summed E-state index contributed by atoms with van der Waals surface area (Å²) in [5.74, 6) is 0.630. The minimum atomic E-state index is -0.101. The van der Waals surface area contributed by atoms with Gasteiger partial charge in [-0.25, -0.2) is 0 Å². The summed E-state index contributed by atoms with van der Waals surface area (Å²) in [4.78, 5) is 29.2. The van der Waals surface area contributed by atoms with Crippen LogP contribution in [0, 0.1) is 0 Å². The predicted octanol–water partition coefficient (Wildman–Crippen LogP) is 5.18. The summed E-state index contributed by atoms with van der Waals surface area (Å²) in [6.07, 6.45) is 9.19. The minimum absolute atomic E-state index is 0.0115. The number of rotatable bonds is 14. The molecule has 1 aromatic carbocycles. The molecule has 0 atom stereocenters. The Balaban J connectivity index is 2.00. The second-order valence-corrected chi connectivity index (χ2v) is 7.54. The standard InChI is InChI=1S/C25H34N2O3/c1-3-5-6-7-11-16-24(28)26(17-4-2)21-25(29)27(20-23-15-12-18-30-23)19-22-13-9-8-10-14-22/h4,8-10,12-15,18H,2-3,5-7,11,16-17,19-21H2,1H3. The lowest BCUT2D eigenvalue weighted by Gasteiger charge is -2.27. The zero-order valence-electron chi connectivity index (χ0n) is 18.1. The third kappa shape index (κ3) is 8.27. The number of unbranched alkanes of at least 4 members (excludes halogenated alkanes) is 4. The monoisotopic (exact) mass is 410 g/mol. The van der Waals surface area contributed by atoms with Gasteiger partial charge in [-0.3, -0.25) is 9.59 Å². The average molecular weight is 411 g/mol. The highest BCUT2D eigenvalue weighted by atomic mass is 16.3. The number of furan rings is 1. The van der Waals surface area contributed by atoms with Crippen LogP contribution in [0.3, 0.4) is 0 Å². The van der Waals surface area contributed by atoms with Crippen LogP contribution < -0.4 is 0 Å². The topological polar surface area (TPSA) is 53.8 Å². The van der Waals surface area contributed by atoms with Gasteiger partial charge in [0.05, 0.1) is 12.8 Å². The van der Waals surface area contributed by atoms with Gasteiger partial charge in [0.15, 0.2) is 0 Å². The van der Waals surface area contributed by atoms with Crippen molar-refractivity contribution in [3.05, 3.63) is 72.7 Å². The maximum Gasteiger partial charge on any atom is 0.242 e. The van der Waals surface area contributed by atoms with Crippen LogP contribution in [0.25, 0.3) is 0 Å². The fourth-order valence-corrected chi connectivity index (χ4v) is 3.34. The van der Waals surface area contributed by atoms with E-state index in [2.05, 4.69) is 13.5 Å². The molecule has 5 nitrogen and oxygen atoms in total. The van der Waals surface area contributed by atoms with Crippen LogP contribution in [0.1, 0.15) is 56.8 Å². The summed E-state index contributed by atoms with van der Waals surface area (Å²) in [5.41, 5.74) is 1.04. The third-order valence-corrected chi connectivity index (χ3v) is 5.02. The molecule has 30 heavy (non-hydrogen) atoms. The second-order valence-electron chi connectivity index (χ2n) is 7.54. The van der Waals surface area contributed by atoms with Crippen LogP contribution in [0.4, 0.5) is 0 Å². The third-order valence-electron chi connectivity index (χ3n) is 5.02. The summed E-state index contributed by atoms with van der Waals surface area (Å²) in [6.45, 7) is 7.18. The summed E-state index contributed by atoms with van der Waals surface area (Å²) < 4.78 is 5.45. The highest BCUT2D eigenvalue weighted by molar-refractivity contribution is 5.85. The fourth-order valence-electron chi connectivity index (χ4n) is 3.34. The van der Waals surface area contributed by atoms with Crippen molar-refractivity contribution in [3.63, 3.8) is 0 Å². The summed E-state index contributed by atoms with van der Waals surface area (Å²) in [7, 11) is 0. The molecule has 2 aromatic rings. The number of carbonyl (C=O) groups is 2. The molecular weight excluding hydrogens is 376 g/mol. The molecule has 0 saturated heterocycles. The van der Waals surface area contributed by atoms with Crippen LogP contribution in [-0.2, 0) is 22.7 Å². The fraction of sp³-hybridized carbons (Fsp3) is 0.440. The molecule has 0 fully saturated rings. The van der Waals surface area contributed by atoms with Gasteiger partial charge in [-0.05, 0) is 24.1 Å². The van der Waals surface area contributed by atoms with Gasteiger partial charge in [0.2, 0.25) is 11.8 Å². The molecule has 1 heterocycles. The lowest BCUT2D eigenvalue weighted by atomic mass is 10.1. The number of nitrogens with zero attached hydrogens (tertiary/aromatic N) is 2. The van der Waals surface area contributed by atoms with Crippen LogP contribution in [0.5, 0.6) is 0 Å². The van der Waals surface area contributed by atoms with Crippen LogP contribution in [-0.4, -0.2) is 34.7 Å². The Morgan fingerprint density at radius 1 is 0.933 bits per heavy atom. The van der Waals surface area contributed by atoms with Gasteiger partial charge in [0.1, 0.15) is 12.3 Å². The zero-order chi connectivity index (χ0) is 21.6. The van der Waals surface area contributed by atoms with Crippen molar-refractivity contribution in [2.24, 2.45) is 0 Å². The first-order chi connectivity index (χ1) is 14.6. The van der Waals surface area contributed by atoms with Gasteiger partial charge in [-0.15, -0.1) is 6.58 Å². The van der Waals surface area contributed by atoms with Crippen molar-refractivity contribution in [3.8, 4) is 0 Å². The van der Waals surface area contributed by atoms with E-state index in [0.29, 0.717) is 26.1 Å². The zero-order valence-corrected chi connectivity index (χ0v) is 18.1. The van der Waals surface area contributed by atoms with Crippen molar-refractivity contribution in [1.29, 1.82) is 0 Å². The summed E-state index contributed by atoms with van der Waals surface area (Å²) in [6, 6.07) is 13.5. The lowest BCUT2D eigenvalue weighted by molar-refractivity contribution is -0.141. The van der Waals surface area contributed by atoms with E-state index in [0.717, 1.165) is 30.6 Å². The lowest BCUT2D eigenvalue weighted by Crippen LogP contribution is -2.42. The molecule has 0 aliphatic rings. The molecule has 1 aromatic heterocycles. The maximum atomic E-state index is 13.1. The van der Waals surface area contributed by atoms with Gasteiger partial charge in [0, 0.05) is 19.5 Å². The Labute approximate surface area is 180 Å². The number of hydrogen-bond acceptors (Lipinski definition) is 3. The van der Waals surface area contributed by atoms with E-state index in [4.69, 9.17) is 4.42 Å². The van der Waals surface area contributed by atoms with Gasteiger partial charge in [-0.2, -0.15) is 0 Å². The molecule has 0 aliphatic heterocycles. The molecule has 0 saturated carbocycles. The maximum absolute atomic E-state index is 13.1. The van der Waals surface area contributed by atoms with Crippen LogP contribution >= 0.6 is 0 Å². The van der Waals surface area contributed by atoms with E-state index >= 15 is 0 Å². The molecular formula is C25H34N2O3. The van der Waals surface area contributed by atoms with Crippen molar-refractivity contribution in [2.45, 2.75) is 58.5 Å². The van der Waals surface area contributed by atoms with Crippen molar-refractivity contribution < 1.29 is 14.0 Å². The molecule has 0 bridgehead atoms. The Hall–Kier alpha value is -2.82. The van der Waals surface area contributed by atoms with E-state index in [-0.39, 0.29) is 18.4 Å². The van der Waals surface area contributed by atoms with Crippen molar-refractivity contribution in [2.75, 3.05) is 13.1 Å². The molecule has 0 aliphatic carbocycles. The van der Waals surface area contributed by atoms with E-state index in [1.54, 1.807) is 22.1 Å². The predicted molar refractivity (Wildman–Crippen MR) is 120 cm³/mol. The van der Waals surface area contributed by atoms with Crippen LogP contribution in [0.15, 0.2) is 65.8 Å². The van der Waals surface area contributed by atoms with Crippen molar-refractivity contribution in [1.82, 2.24) is 9.80 Å². The number of hydrogen-bond donors (Lipinski definition) is 0. The number of amides is 2. The molecule has 0 spiro atoms. The minimum Gasteiger partial charge on any atom is -0.467 e. The van der Waals surface area contributed by atoms with Gasteiger partial charge < -0.3 is 14.2 Å². The van der Waals surface area contributed by atoms with E-state index in [9.17, 15) is 9.59 Å². The Morgan fingerprint density at radius 2 is 1.70 bits per heavy atom. The molecule has 2 rings (SSSR count). The highest BCUT2D eigenvalue weighted by Crippen LogP contribution is 2.13. The van der Waals surface area contributed by atoms with Crippen LogP contribution in [0.2, 0.25) is 0 Å². The van der Waals surface area contributed by atoms with Crippen molar-refractivity contribution >= 4 is 11.8 Å². The van der Waals surface area contributed by atoms with Gasteiger partial charge in [0.25, 0.3) is 0 Å². The molecule has 162 valence electrons. The molecule has 2 amide bonds. The normalized spacial score (nSPS) is 10.6. The average Bonchev–Trinajstić information content (AvgIpc) is 3.26. The molecule has 0 radical (unpaired) electrons.